The van der Waals surface area contributed by atoms with Gasteiger partial charge in [-0.3, -0.25) is 10.1 Å². The molecule has 0 fully saturated rings. The fourth-order valence-electron chi connectivity index (χ4n) is 1.29. The predicted octanol–water partition coefficient (Wildman–Crippen LogP) is 2.20. The van der Waals surface area contributed by atoms with Crippen LogP contribution in [0.5, 0.6) is 0 Å². The van der Waals surface area contributed by atoms with Crippen LogP contribution in [-0.4, -0.2) is 16.6 Å². The first-order valence-corrected chi connectivity index (χ1v) is 5.52. The van der Waals surface area contributed by atoms with Gasteiger partial charge in [0.15, 0.2) is 0 Å². The average molecular weight is 221 g/mol. The van der Waals surface area contributed by atoms with Crippen molar-refractivity contribution in [3.8, 4) is 0 Å². The summed E-state index contributed by atoms with van der Waals surface area (Å²) in [5.41, 5.74) is 1.51. The van der Waals surface area contributed by atoms with Crippen molar-refractivity contribution in [3.05, 3.63) is 35.4 Å². The Balaban J connectivity index is 2.58. The molecule has 88 valence electrons. The van der Waals surface area contributed by atoms with Gasteiger partial charge in [-0.15, -0.1) is 0 Å². The van der Waals surface area contributed by atoms with Gasteiger partial charge in [0.05, 0.1) is 0 Å². The molecule has 0 aliphatic carbocycles. The minimum absolute atomic E-state index is 0.573. The van der Waals surface area contributed by atoms with Crippen LogP contribution in [0.2, 0.25) is 0 Å². The molecular formula is C13H19NO2. The molecule has 0 saturated carbocycles. The van der Waals surface area contributed by atoms with Gasteiger partial charge in [-0.2, -0.15) is 0 Å². The van der Waals surface area contributed by atoms with Crippen LogP contribution in [0.4, 0.5) is 0 Å². The summed E-state index contributed by atoms with van der Waals surface area (Å²) in [6, 6.07) is 8.21. The van der Waals surface area contributed by atoms with E-state index < -0.39 is 11.5 Å². The minimum atomic E-state index is -0.885. The van der Waals surface area contributed by atoms with E-state index in [1.165, 1.54) is 5.56 Å². The van der Waals surface area contributed by atoms with Crippen LogP contribution in [-0.2, 0) is 17.8 Å². The molecule has 2 N–H and O–H groups in total. The number of rotatable bonds is 5. The van der Waals surface area contributed by atoms with Crippen molar-refractivity contribution in [2.24, 2.45) is 0 Å². The lowest BCUT2D eigenvalue weighted by Gasteiger charge is -2.21. The zero-order valence-electron chi connectivity index (χ0n) is 10.1. The second-order valence-corrected chi connectivity index (χ2v) is 4.45. The summed E-state index contributed by atoms with van der Waals surface area (Å²) >= 11 is 0. The van der Waals surface area contributed by atoms with Gasteiger partial charge in [0.2, 0.25) is 0 Å². The summed E-state index contributed by atoms with van der Waals surface area (Å²) in [5.74, 6) is -0.835. The number of benzene rings is 1. The molecule has 0 unspecified atom stereocenters. The van der Waals surface area contributed by atoms with Gasteiger partial charge < -0.3 is 5.11 Å². The van der Waals surface area contributed by atoms with Crippen molar-refractivity contribution in [2.75, 3.05) is 0 Å². The molecule has 0 heterocycles. The summed E-state index contributed by atoms with van der Waals surface area (Å²) in [6.07, 6.45) is 1.02. The van der Waals surface area contributed by atoms with E-state index >= 15 is 0 Å². The van der Waals surface area contributed by atoms with Gasteiger partial charge in [-0.05, 0) is 31.4 Å². The molecule has 0 aliphatic heterocycles. The Morgan fingerprint density at radius 1 is 1.25 bits per heavy atom. The Hall–Kier alpha value is -1.35. The molecule has 0 saturated heterocycles. The fourth-order valence-corrected chi connectivity index (χ4v) is 1.29. The average Bonchev–Trinajstić information content (AvgIpc) is 2.27. The van der Waals surface area contributed by atoms with Gasteiger partial charge in [-0.1, -0.05) is 31.2 Å². The van der Waals surface area contributed by atoms with Gasteiger partial charge in [0, 0.05) is 6.54 Å². The van der Waals surface area contributed by atoms with E-state index in [0.29, 0.717) is 6.54 Å². The van der Waals surface area contributed by atoms with E-state index in [0.717, 1.165) is 12.0 Å². The molecule has 1 rings (SSSR count). The normalized spacial score (nSPS) is 11.4. The Morgan fingerprint density at radius 2 is 1.75 bits per heavy atom. The van der Waals surface area contributed by atoms with Crippen LogP contribution in [0.1, 0.15) is 31.9 Å². The first kappa shape index (κ1) is 12.7. The maximum atomic E-state index is 10.9. The van der Waals surface area contributed by atoms with E-state index in [4.69, 9.17) is 5.11 Å². The van der Waals surface area contributed by atoms with Crippen LogP contribution in [0, 0.1) is 0 Å². The van der Waals surface area contributed by atoms with E-state index in [1.807, 2.05) is 12.1 Å². The third kappa shape index (κ3) is 3.35. The quantitative estimate of drug-likeness (QED) is 0.801. The molecule has 3 nitrogen and oxygen atoms in total. The first-order chi connectivity index (χ1) is 7.45. The number of carboxylic acid groups (broad SMARTS) is 1. The van der Waals surface area contributed by atoms with Crippen molar-refractivity contribution >= 4 is 5.97 Å². The summed E-state index contributed by atoms with van der Waals surface area (Å²) in [4.78, 5) is 10.9. The molecule has 0 radical (unpaired) electrons. The SMILES string of the molecule is CCc1ccc(CNC(C)(C)C(=O)O)cc1. The summed E-state index contributed by atoms with van der Waals surface area (Å²) in [7, 11) is 0. The van der Waals surface area contributed by atoms with Gasteiger partial charge in [0.25, 0.3) is 0 Å². The lowest BCUT2D eigenvalue weighted by molar-refractivity contribution is -0.143. The number of hydrogen-bond donors (Lipinski definition) is 2. The molecule has 0 aromatic heterocycles. The number of carbonyl (C=O) groups is 1. The van der Waals surface area contributed by atoms with Gasteiger partial charge in [-0.25, -0.2) is 0 Å². The number of aryl methyl sites for hydroxylation is 1. The van der Waals surface area contributed by atoms with Crippen molar-refractivity contribution in [2.45, 2.75) is 39.3 Å². The minimum Gasteiger partial charge on any atom is -0.480 e. The van der Waals surface area contributed by atoms with Gasteiger partial charge >= 0.3 is 5.97 Å². The third-order valence-electron chi connectivity index (χ3n) is 2.70. The van der Waals surface area contributed by atoms with Crippen molar-refractivity contribution < 1.29 is 9.90 Å². The number of nitrogens with one attached hydrogen (secondary N) is 1. The summed E-state index contributed by atoms with van der Waals surface area (Å²) < 4.78 is 0. The molecular weight excluding hydrogens is 202 g/mol. The highest BCUT2D eigenvalue weighted by Gasteiger charge is 2.25. The summed E-state index contributed by atoms with van der Waals surface area (Å²) in [6.45, 7) is 6.01. The number of carboxylic acids is 1. The van der Waals surface area contributed by atoms with Crippen LogP contribution in [0.25, 0.3) is 0 Å². The van der Waals surface area contributed by atoms with Crippen LogP contribution in [0.15, 0.2) is 24.3 Å². The lowest BCUT2D eigenvalue weighted by atomic mass is 10.0. The largest absolute Gasteiger partial charge is 0.480 e. The zero-order valence-corrected chi connectivity index (χ0v) is 10.1. The maximum absolute atomic E-state index is 10.9. The Bertz CT molecular complexity index is 355. The highest BCUT2D eigenvalue weighted by Crippen LogP contribution is 2.08. The second kappa shape index (κ2) is 5.12. The fraction of sp³-hybridized carbons (Fsp3) is 0.462. The third-order valence-corrected chi connectivity index (χ3v) is 2.70. The van der Waals surface area contributed by atoms with Gasteiger partial charge in [0.1, 0.15) is 5.54 Å². The van der Waals surface area contributed by atoms with E-state index in [9.17, 15) is 4.79 Å². The molecule has 0 atom stereocenters. The number of hydrogen-bond acceptors (Lipinski definition) is 2. The molecule has 0 spiro atoms. The van der Waals surface area contributed by atoms with E-state index in [-0.39, 0.29) is 0 Å². The van der Waals surface area contributed by atoms with Crippen LogP contribution in [0.3, 0.4) is 0 Å². The Morgan fingerprint density at radius 3 is 2.19 bits per heavy atom. The first-order valence-electron chi connectivity index (χ1n) is 5.52. The zero-order chi connectivity index (χ0) is 12.2. The van der Waals surface area contributed by atoms with E-state index in [1.54, 1.807) is 13.8 Å². The van der Waals surface area contributed by atoms with Crippen LogP contribution < -0.4 is 5.32 Å². The molecule has 0 bridgehead atoms. The van der Waals surface area contributed by atoms with Crippen molar-refractivity contribution in [3.63, 3.8) is 0 Å². The molecule has 1 aromatic carbocycles. The lowest BCUT2D eigenvalue weighted by Crippen LogP contribution is -2.46. The highest BCUT2D eigenvalue weighted by atomic mass is 16.4. The molecule has 16 heavy (non-hydrogen) atoms. The maximum Gasteiger partial charge on any atom is 0.323 e. The Kier molecular flexibility index (Phi) is 4.07. The Labute approximate surface area is 96.5 Å². The highest BCUT2D eigenvalue weighted by molar-refractivity contribution is 5.77. The smallest absolute Gasteiger partial charge is 0.323 e. The summed E-state index contributed by atoms with van der Waals surface area (Å²) in [5, 5.41) is 12.0. The second-order valence-electron chi connectivity index (χ2n) is 4.45. The van der Waals surface area contributed by atoms with Crippen LogP contribution >= 0.6 is 0 Å². The molecule has 0 amide bonds. The molecule has 3 heteroatoms. The standard InChI is InChI=1S/C13H19NO2/c1-4-10-5-7-11(8-6-10)9-14-13(2,3)12(15)16/h5-8,14H,4,9H2,1-3H3,(H,15,16). The van der Waals surface area contributed by atoms with Crippen molar-refractivity contribution in [1.29, 1.82) is 0 Å². The monoisotopic (exact) mass is 221 g/mol. The molecule has 0 aliphatic rings. The number of aliphatic carboxylic acids is 1. The van der Waals surface area contributed by atoms with Crippen molar-refractivity contribution in [1.82, 2.24) is 5.32 Å². The molecule has 1 aromatic rings. The predicted molar refractivity (Wildman–Crippen MR) is 64.4 cm³/mol. The van der Waals surface area contributed by atoms with E-state index in [2.05, 4.69) is 24.4 Å². The topological polar surface area (TPSA) is 49.3 Å².